The van der Waals surface area contributed by atoms with Gasteiger partial charge < -0.3 is 4.74 Å². The Kier molecular flexibility index (Phi) is 2.02. The van der Waals surface area contributed by atoms with Gasteiger partial charge in [-0.15, -0.1) is 0 Å². The van der Waals surface area contributed by atoms with Crippen LogP contribution in [0.25, 0.3) is 0 Å². The third-order valence-corrected chi connectivity index (χ3v) is 3.75. The molecule has 0 bridgehead atoms. The Morgan fingerprint density at radius 1 is 1.47 bits per heavy atom. The van der Waals surface area contributed by atoms with Crippen molar-refractivity contribution in [2.24, 2.45) is 10.5 Å². The number of nitrogens with zero attached hydrogens (tertiary/aromatic N) is 1. The second-order valence-corrected chi connectivity index (χ2v) is 4.76. The van der Waals surface area contributed by atoms with Crippen LogP contribution in [0.2, 0.25) is 0 Å². The number of hydrogen-bond donors (Lipinski definition) is 1. The number of methoxy groups -OCH3 is 1. The fourth-order valence-electron chi connectivity index (χ4n) is 2.57. The van der Waals surface area contributed by atoms with Gasteiger partial charge in [0, 0.05) is 5.56 Å². The van der Waals surface area contributed by atoms with Crippen molar-refractivity contribution in [1.82, 2.24) is 5.43 Å². The van der Waals surface area contributed by atoms with E-state index in [0.717, 1.165) is 29.9 Å². The Morgan fingerprint density at radius 2 is 2.29 bits per heavy atom. The fourth-order valence-corrected chi connectivity index (χ4v) is 2.57. The third-order valence-electron chi connectivity index (χ3n) is 3.75. The van der Waals surface area contributed by atoms with Crippen LogP contribution in [0.15, 0.2) is 23.3 Å². The Labute approximate surface area is 99.7 Å². The normalized spacial score (nSPS) is 25.8. The summed E-state index contributed by atoms with van der Waals surface area (Å²) in [6.07, 6.45) is 1.69. The Morgan fingerprint density at radius 3 is 3.06 bits per heavy atom. The first-order chi connectivity index (χ1) is 8.15. The Bertz CT molecular complexity index is 536. The summed E-state index contributed by atoms with van der Waals surface area (Å²) in [4.78, 5) is 11.8. The van der Waals surface area contributed by atoms with Crippen molar-refractivity contribution in [1.29, 1.82) is 0 Å². The molecule has 0 fully saturated rings. The number of hydrogen-bond acceptors (Lipinski definition) is 3. The summed E-state index contributed by atoms with van der Waals surface area (Å²) < 4.78 is 5.22. The maximum atomic E-state index is 11.8. The lowest BCUT2D eigenvalue weighted by Crippen LogP contribution is -2.39. The molecular weight excluding hydrogens is 216 g/mol. The average Bonchev–Trinajstić information content (AvgIpc) is 2.65. The molecule has 88 valence electrons. The van der Waals surface area contributed by atoms with Crippen LogP contribution in [0, 0.1) is 5.41 Å². The number of benzene rings is 1. The van der Waals surface area contributed by atoms with Gasteiger partial charge in [-0.3, -0.25) is 4.79 Å². The zero-order chi connectivity index (χ0) is 12.0. The maximum Gasteiger partial charge on any atom is 0.252 e. The average molecular weight is 230 g/mol. The molecule has 0 spiro atoms. The smallest absolute Gasteiger partial charge is 0.252 e. The van der Waals surface area contributed by atoms with Crippen molar-refractivity contribution >= 4 is 11.6 Å². The lowest BCUT2D eigenvalue weighted by atomic mass is 9.71. The molecule has 4 nitrogen and oxygen atoms in total. The van der Waals surface area contributed by atoms with Gasteiger partial charge in [-0.2, -0.15) is 5.10 Å². The van der Waals surface area contributed by atoms with Crippen molar-refractivity contribution in [3.05, 3.63) is 29.3 Å². The summed E-state index contributed by atoms with van der Waals surface area (Å²) in [5.74, 6) is 0.860. The van der Waals surface area contributed by atoms with E-state index in [0.29, 0.717) is 0 Å². The summed E-state index contributed by atoms with van der Waals surface area (Å²) in [5.41, 5.74) is 5.27. The van der Waals surface area contributed by atoms with E-state index in [2.05, 4.69) is 10.5 Å². The molecule has 1 aliphatic carbocycles. The molecule has 1 aromatic carbocycles. The van der Waals surface area contributed by atoms with E-state index in [9.17, 15) is 4.79 Å². The van der Waals surface area contributed by atoms with Crippen LogP contribution in [0.5, 0.6) is 5.75 Å². The Hall–Kier alpha value is -1.84. The van der Waals surface area contributed by atoms with E-state index in [4.69, 9.17) is 4.74 Å². The van der Waals surface area contributed by atoms with Crippen molar-refractivity contribution in [3.63, 3.8) is 0 Å². The van der Waals surface area contributed by atoms with E-state index in [-0.39, 0.29) is 5.91 Å². The van der Waals surface area contributed by atoms with E-state index >= 15 is 0 Å². The predicted octanol–water partition coefficient (Wildman–Crippen LogP) is 1.48. The van der Waals surface area contributed by atoms with Crippen LogP contribution in [0.4, 0.5) is 0 Å². The van der Waals surface area contributed by atoms with Crippen LogP contribution in [0.1, 0.15) is 24.5 Å². The first-order valence-corrected chi connectivity index (χ1v) is 5.71. The predicted molar refractivity (Wildman–Crippen MR) is 64.1 cm³/mol. The monoisotopic (exact) mass is 230 g/mol. The number of carbonyl (C=O) groups is 1. The molecule has 1 amide bonds. The van der Waals surface area contributed by atoms with E-state index in [1.807, 2.05) is 25.1 Å². The molecule has 1 aromatic rings. The zero-order valence-electron chi connectivity index (χ0n) is 9.91. The first-order valence-electron chi connectivity index (χ1n) is 5.71. The molecule has 1 aliphatic heterocycles. The van der Waals surface area contributed by atoms with Crippen molar-refractivity contribution < 1.29 is 9.53 Å². The summed E-state index contributed by atoms with van der Waals surface area (Å²) in [6.45, 7) is 1.96. The van der Waals surface area contributed by atoms with Gasteiger partial charge in [0.25, 0.3) is 5.91 Å². The summed E-state index contributed by atoms with van der Waals surface area (Å²) in [5, 5.41) is 4.18. The number of amides is 1. The van der Waals surface area contributed by atoms with Gasteiger partial charge in [-0.25, -0.2) is 5.43 Å². The number of aryl methyl sites for hydroxylation is 1. The second-order valence-electron chi connectivity index (χ2n) is 4.76. The topological polar surface area (TPSA) is 50.7 Å². The van der Waals surface area contributed by atoms with Crippen LogP contribution in [-0.2, 0) is 11.2 Å². The molecule has 1 heterocycles. The molecule has 2 aliphatic rings. The van der Waals surface area contributed by atoms with Gasteiger partial charge in [0.2, 0.25) is 0 Å². The van der Waals surface area contributed by atoms with Gasteiger partial charge in [-0.1, -0.05) is 0 Å². The van der Waals surface area contributed by atoms with E-state index in [1.54, 1.807) is 7.11 Å². The number of hydrazone groups is 1. The number of fused-ring (bicyclic) bond motifs is 3. The minimum Gasteiger partial charge on any atom is -0.497 e. The molecule has 17 heavy (non-hydrogen) atoms. The van der Waals surface area contributed by atoms with Gasteiger partial charge in [0.05, 0.1) is 18.2 Å². The van der Waals surface area contributed by atoms with Crippen LogP contribution in [-0.4, -0.2) is 18.7 Å². The van der Waals surface area contributed by atoms with Gasteiger partial charge in [0.15, 0.2) is 0 Å². The quantitative estimate of drug-likeness (QED) is 0.794. The maximum absolute atomic E-state index is 11.8. The summed E-state index contributed by atoms with van der Waals surface area (Å²) >= 11 is 0. The highest BCUT2D eigenvalue weighted by atomic mass is 16.5. The van der Waals surface area contributed by atoms with Crippen molar-refractivity contribution in [2.45, 2.75) is 19.8 Å². The molecule has 0 saturated carbocycles. The van der Waals surface area contributed by atoms with Crippen LogP contribution < -0.4 is 10.2 Å². The molecule has 1 atom stereocenters. The van der Waals surface area contributed by atoms with E-state index < -0.39 is 5.41 Å². The SMILES string of the molecule is COc1ccc2c(c1)CC[C@@]1(C)C(=O)NN=C21. The molecule has 3 rings (SSSR count). The molecule has 0 unspecified atom stereocenters. The van der Waals surface area contributed by atoms with Gasteiger partial charge >= 0.3 is 0 Å². The van der Waals surface area contributed by atoms with Crippen molar-refractivity contribution in [3.8, 4) is 5.75 Å². The number of ether oxygens (including phenoxy) is 1. The third kappa shape index (κ3) is 1.30. The number of nitrogens with one attached hydrogen (secondary N) is 1. The molecule has 0 aromatic heterocycles. The molecule has 4 heteroatoms. The standard InChI is InChI=1S/C13H14N2O2/c1-13-6-5-8-7-9(17-2)3-4-10(8)11(13)14-15-12(13)16/h3-4,7H,5-6H2,1-2H3,(H,15,16)/t13-/m1/s1. The van der Waals surface area contributed by atoms with Crippen molar-refractivity contribution in [2.75, 3.05) is 7.11 Å². The van der Waals surface area contributed by atoms with Crippen LogP contribution >= 0.6 is 0 Å². The largest absolute Gasteiger partial charge is 0.497 e. The summed E-state index contributed by atoms with van der Waals surface area (Å²) in [6, 6.07) is 5.93. The number of rotatable bonds is 1. The number of carbonyl (C=O) groups excluding carboxylic acids is 1. The van der Waals surface area contributed by atoms with Gasteiger partial charge in [0.1, 0.15) is 5.75 Å². The minimum absolute atomic E-state index is 0.00830. The Balaban J connectivity index is 2.12. The highest BCUT2D eigenvalue weighted by Gasteiger charge is 2.46. The lowest BCUT2D eigenvalue weighted by Gasteiger charge is -2.29. The zero-order valence-corrected chi connectivity index (χ0v) is 9.91. The first kappa shape index (κ1) is 10.3. The highest BCUT2D eigenvalue weighted by Crippen LogP contribution is 2.39. The molecule has 1 N–H and O–H groups in total. The summed E-state index contributed by atoms with van der Waals surface area (Å²) in [7, 11) is 1.66. The molecule has 0 saturated heterocycles. The minimum atomic E-state index is -0.457. The lowest BCUT2D eigenvalue weighted by molar-refractivity contribution is -0.125. The highest BCUT2D eigenvalue weighted by molar-refractivity contribution is 6.20. The molecular formula is C13H14N2O2. The molecule has 0 radical (unpaired) electrons. The fraction of sp³-hybridized carbons (Fsp3) is 0.385. The van der Waals surface area contributed by atoms with Gasteiger partial charge in [-0.05, 0) is 43.5 Å². The van der Waals surface area contributed by atoms with E-state index in [1.165, 1.54) is 5.56 Å². The van der Waals surface area contributed by atoms with Crippen LogP contribution in [0.3, 0.4) is 0 Å². The second kappa shape index (κ2) is 3.32.